The first-order chi connectivity index (χ1) is 13.1. The monoisotopic (exact) mass is 368 g/mol. The van der Waals surface area contributed by atoms with Crippen LogP contribution in [0.4, 0.5) is 10.2 Å². The molecule has 1 fully saturated rings. The van der Waals surface area contributed by atoms with E-state index in [9.17, 15) is 4.39 Å². The lowest BCUT2D eigenvalue weighted by molar-refractivity contribution is 0.000474. The normalized spacial score (nSPS) is 19.8. The molecule has 0 bridgehead atoms. The lowest BCUT2D eigenvalue weighted by Gasteiger charge is -2.28. The van der Waals surface area contributed by atoms with Crippen molar-refractivity contribution in [2.24, 2.45) is 0 Å². The zero-order chi connectivity index (χ0) is 18.8. The third kappa shape index (κ3) is 3.64. The van der Waals surface area contributed by atoms with Crippen molar-refractivity contribution in [2.45, 2.75) is 24.9 Å². The molecule has 0 spiro atoms. The molecule has 1 saturated heterocycles. The van der Waals surface area contributed by atoms with Crippen LogP contribution in [-0.4, -0.2) is 28.7 Å². The number of nitrogen functional groups attached to an aromatic ring is 1. The molecule has 140 valence electrons. The quantitative estimate of drug-likeness (QED) is 0.731. The number of methoxy groups -OCH3 is 1. The van der Waals surface area contributed by atoms with E-state index in [0.717, 1.165) is 35.5 Å². The van der Waals surface area contributed by atoms with Gasteiger partial charge in [0.05, 0.1) is 19.0 Å². The van der Waals surface area contributed by atoms with Gasteiger partial charge >= 0.3 is 0 Å². The van der Waals surface area contributed by atoms with E-state index in [1.165, 1.54) is 12.1 Å². The van der Waals surface area contributed by atoms with E-state index in [1.807, 2.05) is 18.2 Å². The Balaban J connectivity index is 1.53. The first-order valence-corrected chi connectivity index (χ1v) is 8.86. The molecule has 0 radical (unpaired) electrons. The van der Waals surface area contributed by atoms with Gasteiger partial charge in [0.2, 0.25) is 0 Å². The van der Waals surface area contributed by atoms with Crippen molar-refractivity contribution in [1.82, 2.24) is 15.0 Å². The maximum absolute atomic E-state index is 13.2. The number of hydrogen-bond donors (Lipinski definition) is 2. The van der Waals surface area contributed by atoms with Crippen molar-refractivity contribution in [2.75, 3.05) is 19.5 Å². The summed E-state index contributed by atoms with van der Waals surface area (Å²) in [6.45, 7) is 0.639. The summed E-state index contributed by atoms with van der Waals surface area (Å²) in [5, 5.41) is 0. The van der Waals surface area contributed by atoms with Gasteiger partial charge in [-0.15, -0.1) is 0 Å². The van der Waals surface area contributed by atoms with Crippen LogP contribution in [0.15, 0.2) is 42.7 Å². The Labute approximate surface area is 156 Å². The van der Waals surface area contributed by atoms with Gasteiger partial charge in [-0.05, 0) is 42.5 Å². The molecular weight excluding hydrogens is 347 g/mol. The van der Waals surface area contributed by atoms with Crippen molar-refractivity contribution in [1.29, 1.82) is 0 Å². The molecule has 1 aromatic carbocycles. The first-order valence-electron chi connectivity index (χ1n) is 8.86. The van der Waals surface area contributed by atoms with Crippen LogP contribution in [0.25, 0.3) is 11.3 Å². The number of hydrogen-bond acceptors (Lipinski definition) is 5. The van der Waals surface area contributed by atoms with Crippen molar-refractivity contribution >= 4 is 5.82 Å². The molecule has 3 aromatic rings. The topological polar surface area (TPSA) is 86.0 Å². The summed E-state index contributed by atoms with van der Waals surface area (Å²) in [5.74, 6) is 1.74. The predicted molar refractivity (Wildman–Crippen MR) is 99.9 cm³/mol. The van der Waals surface area contributed by atoms with Crippen molar-refractivity contribution in [3.8, 4) is 17.0 Å². The van der Waals surface area contributed by atoms with E-state index in [0.29, 0.717) is 24.1 Å². The highest BCUT2D eigenvalue weighted by molar-refractivity contribution is 5.63. The second-order valence-electron chi connectivity index (χ2n) is 6.63. The summed E-state index contributed by atoms with van der Waals surface area (Å²) in [6, 6.07) is 8.53. The van der Waals surface area contributed by atoms with Crippen LogP contribution in [0.1, 0.15) is 36.3 Å². The fourth-order valence-corrected chi connectivity index (χ4v) is 3.44. The average molecular weight is 368 g/mol. The summed E-state index contributed by atoms with van der Waals surface area (Å²) in [7, 11) is 1.56. The number of nitrogens with two attached hydrogens (primary N) is 1. The molecule has 4 rings (SSSR count). The van der Waals surface area contributed by atoms with Crippen LogP contribution in [-0.2, 0) is 4.74 Å². The molecular formula is C20H21FN4O2. The van der Waals surface area contributed by atoms with Gasteiger partial charge in [-0.3, -0.25) is 0 Å². The zero-order valence-electron chi connectivity index (χ0n) is 15.0. The van der Waals surface area contributed by atoms with Crippen molar-refractivity contribution in [3.05, 3.63) is 59.9 Å². The lowest BCUT2D eigenvalue weighted by Crippen LogP contribution is -2.19. The van der Waals surface area contributed by atoms with Crippen LogP contribution in [0, 0.1) is 5.82 Å². The molecule has 2 aromatic heterocycles. The molecule has 27 heavy (non-hydrogen) atoms. The van der Waals surface area contributed by atoms with Crippen molar-refractivity contribution in [3.63, 3.8) is 0 Å². The van der Waals surface area contributed by atoms with Gasteiger partial charge < -0.3 is 20.2 Å². The number of aromatic nitrogens is 3. The summed E-state index contributed by atoms with van der Waals surface area (Å²) in [5.41, 5.74) is 8.56. The predicted octanol–water partition coefficient (Wildman–Crippen LogP) is 3.84. The highest BCUT2D eigenvalue weighted by Gasteiger charge is 2.27. The number of nitrogens with one attached hydrogen (secondary N) is 1. The van der Waals surface area contributed by atoms with Gasteiger partial charge in [-0.25, -0.2) is 14.4 Å². The highest BCUT2D eigenvalue weighted by Crippen LogP contribution is 2.37. The maximum Gasteiger partial charge on any atom is 0.166 e. The SMILES string of the molecule is COc1cc(-c2cnc(C3CC(c4ccc(F)cc4)CCO3)[nH]2)cnc1N. The molecule has 6 nitrogen and oxygen atoms in total. The number of H-pyrrole nitrogens is 1. The molecule has 1 aliphatic heterocycles. The van der Waals surface area contributed by atoms with Crippen molar-refractivity contribution < 1.29 is 13.9 Å². The van der Waals surface area contributed by atoms with Gasteiger partial charge in [0, 0.05) is 18.4 Å². The molecule has 2 atom stereocenters. The maximum atomic E-state index is 13.2. The molecule has 0 aliphatic carbocycles. The highest BCUT2D eigenvalue weighted by atomic mass is 19.1. The van der Waals surface area contributed by atoms with E-state index >= 15 is 0 Å². The molecule has 1 aliphatic rings. The van der Waals surface area contributed by atoms with E-state index in [4.69, 9.17) is 15.2 Å². The number of benzene rings is 1. The smallest absolute Gasteiger partial charge is 0.166 e. The Hall–Kier alpha value is -2.93. The van der Waals surface area contributed by atoms with Gasteiger partial charge in [-0.1, -0.05) is 12.1 Å². The Kier molecular flexibility index (Phi) is 4.77. The number of nitrogens with zero attached hydrogens (tertiary/aromatic N) is 2. The van der Waals surface area contributed by atoms with E-state index in [2.05, 4.69) is 15.0 Å². The first kappa shape index (κ1) is 17.5. The van der Waals surface area contributed by atoms with E-state index < -0.39 is 0 Å². The van der Waals surface area contributed by atoms with Crippen LogP contribution in [0.3, 0.4) is 0 Å². The largest absolute Gasteiger partial charge is 0.493 e. The van der Waals surface area contributed by atoms with Crippen LogP contribution < -0.4 is 10.5 Å². The molecule has 2 unspecified atom stereocenters. The second kappa shape index (κ2) is 7.36. The molecule has 3 heterocycles. The van der Waals surface area contributed by atoms with Gasteiger partial charge in [-0.2, -0.15) is 0 Å². The number of imidazole rings is 1. The Morgan fingerprint density at radius 3 is 2.81 bits per heavy atom. The van der Waals surface area contributed by atoms with E-state index in [1.54, 1.807) is 19.5 Å². The van der Waals surface area contributed by atoms with Gasteiger partial charge in [0.25, 0.3) is 0 Å². The Morgan fingerprint density at radius 2 is 2.04 bits per heavy atom. The molecule has 0 amide bonds. The van der Waals surface area contributed by atoms with Gasteiger partial charge in [0.1, 0.15) is 17.7 Å². The summed E-state index contributed by atoms with van der Waals surface area (Å²) in [4.78, 5) is 12.0. The number of anilines is 1. The Bertz CT molecular complexity index is 926. The average Bonchev–Trinajstić information content (AvgIpc) is 3.19. The molecule has 3 N–H and O–H groups in total. The lowest BCUT2D eigenvalue weighted by atomic mass is 9.88. The number of rotatable bonds is 4. The van der Waals surface area contributed by atoms with Crippen LogP contribution >= 0.6 is 0 Å². The number of aromatic amines is 1. The number of ether oxygens (including phenoxy) is 2. The standard InChI is InChI=1S/C20H21FN4O2/c1-26-17-9-14(10-23-19(17)22)16-11-24-20(25-16)18-8-13(6-7-27-18)12-2-4-15(21)5-3-12/h2-5,9-11,13,18H,6-8H2,1H3,(H2,22,23)(H,24,25). The Morgan fingerprint density at radius 1 is 1.22 bits per heavy atom. The fourth-order valence-electron chi connectivity index (χ4n) is 3.44. The minimum Gasteiger partial charge on any atom is -0.493 e. The minimum atomic E-state index is -0.217. The minimum absolute atomic E-state index is 0.133. The third-order valence-electron chi connectivity index (χ3n) is 4.94. The van der Waals surface area contributed by atoms with Crippen LogP contribution in [0.5, 0.6) is 5.75 Å². The number of pyridine rings is 1. The zero-order valence-corrected chi connectivity index (χ0v) is 15.0. The second-order valence-corrected chi connectivity index (χ2v) is 6.63. The molecule has 0 saturated carbocycles. The molecule has 7 heteroatoms. The van der Waals surface area contributed by atoms with Gasteiger partial charge in [0.15, 0.2) is 11.6 Å². The fraction of sp³-hybridized carbons (Fsp3) is 0.300. The van der Waals surface area contributed by atoms with Crippen LogP contribution in [0.2, 0.25) is 0 Å². The third-order valence-corrected chi connectivity index (χ3v) is 4.94. The number of halogens is 1. The summed E-state index contributed by atoms with van der Waals surface area (Å²) < 4.78 is 24.3. The van der Waals surface area contributed by atoms with E-state index in [-0.39, 0.29) is 11.9 Å². The summed E-state index contributed by atoms with van der Waals surface area (Å²) >= 11 is 0. The summed E-state index contributed by atoms with van der Waals surface area (Å²) in [6.07, 6.45) is 5.01.